The predicted octanol–water partition coefficient (Wildman–Crippen LogP) is 3.36. The van der Waals surface area contributed by atoms with E-state index >= 15 is 0 Å². The lowest BCUT2D eigenvalue weighted by Gasteiger charge is -2.10. The van der Waals surface area contributed by atoms with E-state index in [-0.39, 0.29) is 5.97 Å². The molecule has 3 heteroatoms. The molecule has 0 aliphatic heterocycles. The van der Waals surface area contributed by atoms with Gasteiger partial charge in [-0.1, -0.05) is 25.1 Å². The molecule has 0 spiro atoms. The molecule has 0 amide bonds. The molecule has 2 rings (SSSR count). The highest BCUT2D eigenvalue weighted by Crippen LogP contribution is 2.26. The lowest BCUT2D eigenvalue weighted by atomic mass is 10.1. The van der Waals surface area contributed by atoms with Crippen LogP contribution < -0.4 is 0 Å². The summed E-state index contributed by atoms with van der Waals surface area (Å²) in [5.41, 5.74) is 4.41. The monoisotopic (exact) mass is 264 g/mol. The standard InChI is InChI=1S/C15H20O2S/c1-11(8-15(16)17-2)18-10-12-6-7-13-4-3-5-14(13)9-12/h6-7,9,11H,3-5,8,10H2,1-2H3. The van der Waals surface area contributed by atoms with Crippen LogP contribution in [0.5, 0.6) is 0 Å². The van der Waals surface area contributed by atoms with Gasteiger partial charge in [0.25, 0.3) is 0 Å². The van der Waals surface area contributed by atoms with E-state index in [2.05, 4.69) is 29.9 Å². The van der Waals surface area contributed by atoms with Gasteiger partial charge in [-0.25, -0.2) is 0 Å². The summed E-state index contributed by atoms with van der Waals surface area (Å²) in [6, 6.07) is 6.82. The average Bonchev–Trinajstić information content (AvgIpc) is 2.83. The molecule has 1 unspecified atom stereocenters. The normalized spacial score (nSPS) is 15.2. The summed E-state index contributed by atoms with van der Waals surface area (Å²) in [5, 5.41) is 0.311. The lowest BCUT2D eigenvalue weighted by molar-refractivity contribution is -0.140. The van der Waals surface area contributed by atoms with E-state index in [0.717, 1.165) is 5.75 Å². The molecule has 0 radical (unpaired) electrons. The Morgan fingerprint density at radius 3 is 2.94 bits per heavy atom. The third kappa shape index (κ3) is 3.52. The summed E-state index contributed by atoms with van der Waals surface area (Å²) in [6.07, 6.45) is 4.25. The van der Waals surface area contributed by atoms with Crippen LogP contribution in [0.3, 0.4) is 0 Å². The van der Waals surface area contributed by atoms with E-state index < -0.39 is 0 Å². The summed E-state index contributed by atoms with van der Waals surface area (Å²) in [5.74, 6) is 0.856. The van der Waals surface area contributed by atoms with Gasteiger partial charge in [-0.3, -0.25) is 4.79 Å². The topological polar surface area (TPSA) is 26.3 Å². The molecule has 98 valence electrons. The van der Waals surface area contributed by atoms with Crippen molar-refractivity contribution in [2.75, 3.05) is 7.11 Å². The number of rotatable bonds is 5. The van der Waals surface area contributed by atoms with Crippen molar-refractivity contribution in [1.29, 1.82) is 0 Å². The van der Waals surface area contributed by atoms with Crippen molar-refractivity contribution in [2.24, 2.45) is 0 Å². The molecule has 0 saturated heterocycles. The Kier molecular flexibility index (Phi) is 4.70. The van der Waals surface area contributed by atoms with Crippen molar-refractivity contribution in [3.63, 3.8) is 0 Å². The van der Waals surface area contributed by atoms with Gasteiger partial charge < -0.3 is 4.74 Å². The molecule has 0 aromatic heterocycles. The summed E-state index contributed by atoms with van der Waals surface area (Å²) >= 11 is 1.82. The molecule has 0 bridgehead atoms. The average molecular weight is 264 g/mol. The third-order valence-electron chi connectivity index (χ3n) is 3.38. The summed E-state index contributed by atoms with van der Waals surface area (Å²) in [6.45, 7) is 2.08. The van der Waals surface area contributed by atoms with Crippen molar-refractivity contribution >= 4 is 17.7 Å². The lowest BCUT2D eigenvalue weighted by Crippen LogP contribution is -2.08. The molecule has 0 saturated carbocycles. The zero-order valence-corrected chi connectivity index (χ0v) is 11.9. The second-order valence-corrected chi connectivity index (χ2v) is 6.29. The number of carbonyl (C=O) groups is 1. The van der Waals surface area contributed by atoms with Crippen molar-refractivity contribution in [3.8, 4) is 0 Å². The minimum absolute atomic E-state index is 0.121. The highest BCUT2D eigenvalue weighted by atomic mass is 32.2. The number of esters is 1. The molecule has 0 heterocycles. The molecule has 1 aliphatic rings. The van der Waals surface area contributed by atoms with Gasteiger partial charge in [-0.05, 0) is 36.0 Å². The molecule has 2 nitrogen and oxygen atoms in total. The fourth-order valence-corrected chi connectivity index (χ4v) is 3.24. The van der Waals surface area contributed by atoms with E-state index in [4.69, 9.17) is 0 Å². The van der Waals surface area contributed by atoms with E-state index in [1.54, 1.807) is 0 Å². The first-order chi connectivity index (χ1) is 8.69. The predicted molar refractivity (Wildman–Crippen MR) is 75.9 cm³/mol. The zero-order valence-electron chi connectivity index (χ0n) is 11.1. The maximum Gasteiger partial charge on any atom is 0.306 e. The Balaban J connectivity index is 1.85. The SMILES string of the molecule is COC(=O)CC(C)SCc1ccc2c(c1)CCC2. The molecule has 1 atom stereocenters. The summed E-state index contributed by atoms with van der Waals surface area (Å²) in [4.78, 5) is 11.2. The number of thioether (sulfide) groups is 1. The van der Waals surface area contributed by atoms with Crippen molar-refractivity contribution < 1.29 is 9.53 Å². The van der Waals surface area contributed by atoms with Gasteiger partial charge in [0.1, 0.15) is 0 Å². The first-order valence-corrected chi connectivity index (χ1v) is 7.53. The van der Waals surface area contributed by atoms with Gasteiger partial charge in [-0.15, -0.1) is 0 Å². The molecular weight excluding hydrogens is 244 g/mol. The van der Waals surface area contributed by atoms with Crippen molar-refractivity contribution in [2.45, 2.75) is 43.6 Å². The van der Waals surface area contributed by atoms with Crippen molar-refractivity contribution in [3.05, 3.63) is 34.9 Å². The first-order valence-electron chi connectivity index (χ1n) is 6.48. The Morgan fingerprint density at radius 1 is 1.39 bits per heavy atom. The Hall–Kier alpha value is -0.960. The van der Waals surface area contributed by atoms with Crippen LogP contribution in [0.1, 0.15) is 36.5 Å². The largest absolute Gasteiger partial charge is 0.469 e. The highest BCUT2D eigenvalue weighted by molar-refractivity contribution is 7.99. The number of hydrogen-bond acceptors (Lipinski definition) is 3. The number of carbonyl (C=O) groups excluding carboxylic acids is 1. The smallest absolute Gasteiger partial charge is 0.306 e. The van der Waals surface area contributed by atoms with Crippen LogP contribution in [0.4, 0.5) is 0 Å². The Morgan fingerprint density at radius 2 is 2.17 bits per heavy atom. The molecule has 1 aliphatic carbocycles. The number of aryl methyl sites for hydroxylation is 2. The number of methoxy groups -OCH3 is 1. The molecule has 1 aromatic rings. The second-order valence-electron chi connectivity index (χ2n) is 4.86. The van der Waals surface area contributed by atoms with E-state index in [0.29, 0.717) is 11.7 Å². The fraction of sp³-hybridized carbons (Fsp3) is 0.533. The van der Waals surface area contributed by atoms with Crippen molar-refractivity contribution in [1.82, 2.24) is 0 Å². The van der Waals surface area contributed by atoms with Crippen LogP contribution in [0.15, 0.2) is 18.2 Å². The van der Waals surface area contributed by atoms with Gasteiger partial charge in [0.15, 0.2) is 0 Å². The number of fused-ring (bicyclic) bond motifs is 1. The van der Waals surface area contributed by atoms with Gasteiger partial charge >= 0.3 is 5.97 Å². The second kappa shape index (κ2) is 6.28. The fourth-order valence-electron chi connectivity index (χ4n) is 2.33. The Labute approximate surface area is 113 Å². The van der Waals surface area contributed by atoms with E-state index in [1.165, 1.54) is 43.1 Å². The van der Waals surface area contributed by atoms with E-state index in [9.17, 15) is 4.79 Å². The maximum atomic E-state index is 11.2. The molecule has 0 N–H and O–H groups in total. The number of hydrogen-bond donors (Lipinski definition) is 0. The van der Waals surface area contributed by atoms with Crippen LogP contribution in [-0.4, -0.2) is 18.3 Å². The minimum Gasteiger partial charge on any atom is -0.469 e. The first kappa shape index (κ1) is 13.5. The number of benzene rings is 1. The van der Waals surface area contributed by atoms with Crippen LogP contribution in [0.2, 0.25) is 0 Å². The molecule has 0 fully saturated rings. The maximum absolute atomic E-state index is 11.2. The molecule has 18 heavy (non-hydrogen) atoms. The van der Waals surface area contributed by atoms with E-state index in [1.807, 2.05) is 11.8 Å². The van der Waals surface area contributed by atoms with Crippen LogP contribution >= 0.6 is 11.8 Å². The molecular formula is C15H20O2S. The van der Waals surface area contributed by atoms with Gasteiger partial charge in [0.05, 0.1) is 13.5 Å². The third-order valence-corrected chi connectivity index (χ3v) is 4.61. The van der Waals surface area contributed by atoms with Crippen LogP contribution in [0.25, 0.3) is 0 Å². The van der Waals surface area contributed by atoms with Gasteiger partial charge in [-0.2, -0.15) is 11.8 Å². The van der Waals surface area contributed by atoms with Gasteiger partial charge in [0, 0.05) is 11.0 Å². The van der Waals surface area contributed by atoms with Crippen LogP contribution in [0, 0.1) is 0 Å². The number of ether oxygens (including phenoxy) is 1. The zero-order chi connectivity index (χ0) is 13.0. The van der Waals surface area contributed by atoms with Crippen LogP contribution in [-0.2, 0) is 28.1 Å². The Bertz CT molecular complexity index is 429. The van der Waals surface area contributed by atoms with Gasteiger partial charge in [0.2, 0.25) is 0 Å². The minimum atomic E-state index is -0.121. The summed E-state index contributed by atoms with van der Waals surface area (Å²) in [7, 11) is 1.44. The summed E-state index contributed by atoms with van der Waals surface area (Å²) < 4.78 is 4.68. The quantitative estimate of drug-likeness (QED) is 0.763. The highest BCUT2D eigenvalue weighted by Gasteiger charge is 2.12. The molecule has 1 aromatic carbocycles.